The van der Waals surface area contributed by atoms with Gasteiger partial charge in [-0.1, -0.05) is 69.3 Å². The van der Waals surface area contributed by atoms with Gasteiger partial charge in [0.1, 0.15) is 6.54 Å². The molecule has 2 amide bonds. The third-order valence-electron chi connectivity index (χ3n) is 6.03. The zero-order valence-corrected chi connectivity index (χ0v) is 22.7. The molecule has 0 spiro atoms. The molecule has 0 atom stereocenters. The van der Waals surface area contributed by atoms with Crippen molar-refractivity contribution < 1.29 is 14.3 Å². The van der Waals surface area contributed by atoms with Crippen LogP contribution in [0.2, 0.25) is 0 Å². The van der Waals surface area contributed by atoms with Gasteiger partial charge in [0, 0.05) is 36.7 Å². The van der Waals surface area contributed by atoms with E-state index < -0.39 is 0 Å². The number of thiophene rings is 1. The molecule has 0 fully saturated rings. The summed E-state index contributed by atoms with van der Waals surface area (Å²) in [6.07, 6.45) is 0.677. The lowest BCUT2D eigenvalue weighted by Crippen LogP contribution is -2.43. The Labute approximate surface area is 219 Å². The highest BCUT2D eigenvalue weighted by molar-refractivity contribution is 7.09. The van der Waals surface area contributed by atoms with Gasteiger partial charge in [0.2, 0.25) is 5.91 Å². The summed E-state index contributed by atoms with van der Waals surface area (Å²) in [7, 11) is 0. The molecule has 0 bridgehead atoms. The van der Waals surface area contributed by atoms with Crippen LogP contribution in [0.3, 0.4) is 0 Å². The highest BCUT2D eigenvalue weighted by atomic mass is 32.1. The van der Waals surface area contributed by atoms with E-state index in [0.717, 1.165) is 10.4 Å². The van der Waals surface area contributed by atoms with Gasteiger partial charge in [0.05, 0.1) is 6.54 Å². The molecule has 2 aromatic carbocycles. The first kappa shape index (κ1) is 27.6. The smallest absolute Gasteiger partial charge is 0.254 e. The zero-order chi connectivity index (χ0) is 26.0. The number of ether oxygens (including phenoxy) is 1. The SMILES string of the molecule is CCOCCCN(CC(=O)N(Cc1ccccc1)Cc1cccs1)C(=O)c1ccc(C(C)(C)C)cc1. The molecule has 0 radical (unpaired) electrons. The molecule has 0 saturated heterocycles. The second-order valence-electron chi connectivity index (χ2n) is 9.92. The summed E-state index contributed by atoms with van der Waals surface area (Å²) in [6.45, 7) is 11.1. The maximum absolute atomic E-state index is 13.6. The molecule has 0 saturated carbocycles. The average Bonchev–Trinajstić information content (AvgIpc) is 3.38. The van der Waals surface area contributed by atoms with Gasteiger partial charge >= 0.3 is 0 Å². The minimum Gasteiger partial charge on any atom is -0.382 e. The lowest BCUT2D eigenvalue weighted by molar-refractivity contribution is -0.133. The number of carbonyl (C=O) groups is 2. The van der Waals surface area contributed by atoms with Crippen LogP contribution in [0.1, 0.15) is 60.5 Å². The molecular formula is C30H38N2O3S. The van der Waals surface area contributed by atoms with E-state index in [-0.39, 0.29) is 23.8 Å². The molecule has 5 nitrogen and oxygen atoms in total. The second kappa shape index (κ2) is 13.4. The minimum absolute atomic E-state index is 0.00839. The first-order valence-corrected chi connectivity index (χ1v) is 13.5. The quantitative estimate of drug-likeness (QED) is 0.277. The molecule has 0 unspecified atom stereocenters. The first-order chi connectivity index (χ1) is 17.3. The largest absolute Gasteiger partial charge is 0.382 e. The Morgan fingerprint density at radius 2 is 1.61 bits per heavy atom. The van der Waals surface area contributed by atoms with E-state index >= 15 is 0 Å². The van der Waals surface area contributed by atoms with Gasteiger partial charge in [-0.2, -0.15) is 0 Å². The number of hydrogen-bond acceptors (Lipinski definition) is 4. The standard InChI is InChI=1S/C30H38N2O3S/c1-5-35-19-10-18-31(29(34)25-14-16-26(17-15-25)30(2,3)4)23-28(33)32(22-27-13-9-20-36-27)21-24-11-7-6-8-12-24/h6-9,11-17,20H,5,10,18-19,21-23H2,1-4H3. The molecule has 0 aliphatic heterocycles. The third-order valence-corrected chi connectivity index (χ3v) is 6.89. The number of nitrogens with zero attached hydrogens (tertiary/aromatic N) is 2. The number of benzene rings is 2. The fraction of sp³-hybridized carbons (Fsp3) is 0.400. The van der Waals surface area contributed by atoms with Gasteiger partial charge < -0.3 is 14.5 Å². The number of rotatable bonds is 12. The van der Waals surface area contributed by atoms with Crippen LogP contribution in [0.15, 0.2) is 72.1 Å². The summed E-state index contributed by atoms with van der Waals surface area (Å²) in [5.74, 6) is -0.195. The van der Waals surface area contributed by atoms with E-state index in [1.54, 1.807) is 16.2 Å². The number of hydrogen-bond donors (Lipinski definition) is 0. The molecule has 36 heavy (non-hydrogen) atoms. The predicted molar refractivity (Wildman–Crippen MR) is 147 cm³/mol. The maximum Gasteiger partial charge on any atom is 0.254 e. The van der Waals surface area contributed by atoms with Crippen molar-refractivity contribution in [2.24, 2.45) is 0 Å². The van der Waals surface area contributed by atoms with Crippen molar-refractivity contribution in [1.82, 2.24) is 9.80 Å². The van der Waals surface area contributed by atoms with Crippen LogP contribution in [-0.2, 0) is 28.0 Å². The summed E-state index contributed by atoms with van der Waals surface area (Å²) in [5.41, 5.74) is 2.84. The molecule has 0 aliphatic carbocycles. The van der Waals surface area contributed by atoms with Crippen LogP contribution >= 0.6 is 11.3 Å². The van der Waals surface area contributed by atoms with Crippen molar-refractivity contribution >= 4 is 23.2 Å². The van der Waals surface area contributed by atoms with Gasteiger partial charge in [-0.25, -0.2) is 0 Å². The van der Waals surface area contributed by atoms with E-state index in [1.807, 2.05) is 83.9 Å². The normalized spacial score (nSPS) is 11.3. The monoisotopic (exact) mass is 506 g/mol. The van der Waals surface area contributed by atoms with E-state index in [2.05, 4.69) is 20.8 Å². The van der Waals surface area contributed by atoms with E-state index in [4.69, 9.17) is 4.74 Å². The molecular weight excluding hydrogens is 468 g/mol. The van der Waals surface area contributed by atoms with Crippen molar-refractivity contribution in [3.63, 3.8) is 0 Å². The Hall–Kier alpha value is -2.96. The van der Waals surface area contributed by atoms with Crippen molar-refractivity contribution in [2.75, 3.05) is 26.3 Å². The van der Waals surface area contributed by atoms with Crippen LogP contribution in [-0.4, -0.2) is 47.9 Å². The summed E-state index contributed by atoms with van der Waals surface area (Å²) >= 11 is 1.63. The lowest BCUT2D eigenvalue weighted by Gasteiger charge is -2.28. The summed E-state index contributed by atoms with van der Waals surface area (Å²) in [4.78, 5) is 31.7. The van der Waals surface area contributed by atoms with Crippen molar-refractivity contribution in [2.45, 2.75) is 52.6 Å². The minimum atomic E-state index is -0.129. The topological polar surface area (TPSA) is 49.9 Å². The Bertz CT molecular complexity index is 1070. The summed E-state index contributed by atoms with van der Waals surface area (Å²) < 4.78 is 5.49. The van der Waals surface area contributed by atoms with Gasteiger partial charge in [-0.05, 0) is 53.5 Å². The Kier molecular flexibility index (Phi) is 10.3. The van der Waals surface area contributed by atoms with E-state index in [0.29, 0.717) is 44.8 Å². The molecule has 0 aliphatic rings. The second-order valence-corrected chi connectivity index (χ2v) is 11.0. The highest BCUT2D eigenvalue weighted by Gasteiger charge is 2.23. The Morgan fingerprint density at radius 1 is 0.889 bits per heavy atom. The zero-order valence-electron chi connectivity index (χ0n) is 21.9. The summed E-state index contributed by atoms with van der Waals surface area (Å²) in [5, 5.41) is 2.02. The van der Waals surface area contributed by atoms with Crippen LogP contribution in [0.5, 0.6) is 0 Å². The molecule has 1 aromatic heterocycles. The maximum atomic E-state index is 13.6. The molecule has 192 valence electrons. The van der Waals surface area contributed by atoms with Crippen LogP contribution in [0.25, 0.3) is 0 Å². The first-order valence-electron chi connectivity index (χ1n) is 12.6. The van der Waals surface area contributed by atoms with E-state index in [1.165, 1.54) is 5.56 Å². The fourth-order valence-electron chi connectivity index (χ4n) is 3.94. The lowest BCUT2D eigenvalue weighted by atomic mass is 9.86. The van der Waals surface area contributed by atoms with Gasteiger partial charge in [0.25, 0.3) is 5.91 Å². The summed E-state index contributed by atoms with van der Waals surface area (Å²) in [6, 6.07) is 21.8. The van der Waals surface area contributed by atoms with Crippen LogP contribution in [0.4, 0.5) is 0 Å². The average molecular weight is 507 g/mol. The van der Waals surface area contributed by atoms with Gasteiger partial charge in [-0.3, -0.25) is 9.59 Å². The molecule has 3 aromatic rings. The predicted octanol–water partition coefficient (Wildman–Crippen LogP) is 6.14. The fourth-order valence-corrected chi connectivity index (χ4v) is 4.66. The Morgan fingerprint density at radius 3 is 2.22 bits per heavy atom. The molecule has 6 heteroatoms. The van der Waals surface area contributed by atoms with E-state index in [9.17, 15) is 9.59 Å². The molecule has 3 rings (SSSR count). The van der Waals surface area contributed by atoms with Crippen molar-refractivity contribution in [3.05, 3.63) is 93.7 Å². The van der Waals surface area contributed by atoms with Crippen molar-refractivity contribution in [3.8, 4) is 0 Å². The van der Waals surface area contributed by atoms with Crippen molar-refractivity contribution in [1.29, 1.82) is 0 Å². The van der Waals surface area contributed by atoms with Gasteiger partial charge in [0.15, 0.2) is 0 Å². The van der Waals surface area contributed by atoms with Gasteiger partial charge in [-0.15, -0.1) is 11.3 Å². The third kappa shape index (κ3) is 8.32. The number of amides is 2. The Balaban J connectivity index is 1.79. The number of carbonyl (C=O) groups excluding carboxylic acids is 2. The van der Waals surface area contributed by atoms with Crippen LogP contribution < -0.4 is 0 Å². The highest BCUT2D eigenvalue weighted by Crippen LogP contribution is 2.23. The van der Waals surface area contributed by atoms with Crippen LogP contribution in [0, 0.1) is 0 Å². The molecule has 1 heterocycles. The molecule has 0 N–H and O–H groups in total.